The Morgan fingerprint density at radius 2 is 0.413 bits per heavy atom. The largest absolute Gasteiger partial charge is 0.457 e. The molecule has 5 aliphatic heterocycles. The third-order valence-corrected chi connectivity index (χ3v) is 17.6. The van der Waals surface area contributed by atoms with E-state index < -0.39 is 0 Å². The Morgan fingerprint density at radius 3 is 0.533 bits per heavy atom. The average molecular weight is 1110 g/mol. The van der Waals surface area contributed by atoms with Crippen LogP contribution in [0.3, 0.4) is 0 Å². The summed E-state index contributed by atoms with van der Waals surface area (Å²) in [5.74, 6) is 6.50. The fourth-order valence-electron chi connectivity index (χ4n) is 10.6. The van der Waals surface area contributed by atoms with E-state index in [2.05, 4.69) is 30.3 Å². The van der Waals surface area contributed by atoms with Gasteiger partial charge in [0, 0.05) is 123 Å². The van der Waals surface area contributed by atoms with Gasteiger partial charge in [-0.3, -0.25) is 24.0 Å². The molecule has 75 heavy (non-hydrogen) atoms. The van der Waals surface area contributed by atoms with Gasteiger partial charge in [0.15, 0.2) is 25.6 Å². The van der Waals surface area contributed by atoms with Gasteiger partial charge in [-0.15, -0.1) is 0 Å². The van der Waals surface area contributed by atoms with Crippen LogP contribution in [-0.4, -0.2) is 59.5 Å². The first-order valence-electron chi connectivity index (χ1n) is 24.1. The second-order valence-electron chi connectivity index (χ2n) is 18.5. The SMILES string of the molecule is CC(=O)SCc1c2c3cc4c1OCOc1c(cc5c(c1CSC(C)=O)OCOc1c(cc6c(c1CSC(C)=O)OCOc1c(cc7c(c1CSC(C)=O)OCOc1c(cc(c(c1CSC(C)=O)OCO2)C3)C7)C6)C5)C4. The van der Waals surface area contributed by atoms with Crippen molar-refractivity contribution in [1.82, 2.24) is 0 Å². The number of hydrogen-bond acceptors (Lipinski definition) is 20. The van der Waals surface area contributed by atoms with Crippen LogP contribution < -0.4 is 47.4 Å². The molecular weight excluding hydrogens is 1060 g/mol. The zero-order chi connectivity index (χ0) is 52.1. The van der Waals surface area contributed by atoms with Crippen LogP contribution in [0.25, 0.3) is 0 Å². The maximum Gasteiger partial charge on any atom is 0.230 e. The first-order valence-corrected chi connectivity index (χ1v) is 29.0. The molecular formula is C55H50O15S5. The summed E-state index contributed by atoms with van der Waals surface area (Å²) in [4.78, 5) is 63.6. The summed E-state index contributed by atoms with van der Waals surface area (Å²) in [6, 6.07) is 10.5. The first kappa shape index (κ1) is 51.3. The summed E-state index contributed by atoms with van der Waals surface area (Å²) in [6.07, 6.45) is 1.64. The zero-order valence-corrected chi connectivity index (χ0v) is 45.7. The molecule has 10 bridgehead atoms. The maximum absolute atomic E-state index is 12.7. The Hall–Kier alpha value is -5.80. The van der Waals surface area contributed by atoms with Crippen molar-refractivity contribution in [3.05, 3.63) is 114 Å². The lowest BCUT2D eigenvalue weighted by molar-refractivity contribution is -0.109. The Balaban J connectivity index is 1.22. The molecule has 1 aliphatic carbocycles. The van der Waals surface area contributed by atoms with Gasteiger partial charge in [-0.2, -0.15) is 0 Å². The van der Waals surface area contributed by atoms with Gasteiger partial charge in [0.25, 0.3) is 0 Å². The summed E-state index contributed by atoms with van der Waals surface area (Å²) in [5.41, 5.74) is 11.7. The van der Waals surface area contributed by atoms with Crippen LogP contribution in [0, 0.1) is 0 Å². The molecule has 0 spiro atoms. The summed E-state index contributed by atoms with van der Waals surface area (Å²) in [5, 5.41) is -0.411. The highest BCUT2D eigenvalue weighted by atomic mass is 32.2. The molecule has 0 radical (unpaired) electrons. The van der Waals surface area contributed by atoms with Crippen LogP contribution in [0.5, 0.6) is 57.5 Å². The molecule has 0 saturated carbocycles. The third kappa shape index (κ3) is 10.4. The lowest BCUT2D eigenvalue weighted by atomic mass is 9.87. The topological polar surface area (TPSA) is 178 Å². The van der Waals surface area contributed by atoms with Crippen molar-refractivity contribution in [2.45, 2.75) is 95.5 Å². The monoisotopic (exact) mass is 1110 g/mol. The fourth-order valence-corrected chi connectivity index (χ4v) is 13.6. The molecule has 0 atom stereocenters. The molecule has 15 nitrogen and oxygen atoms in total. The highest BCUT2D eigenvalue weighted by Crippen LogP contribution is 2.52. The Labute approximate surface area is 453 Å². The molecule has 0 unspecified atom stereocenters. The van der Waals surface area contributed by atoms with Gasteiger partial charge in [-0.25, -0.2) is 0 Å². The molecule has 0 saturated heterocycles. The van der Waals surface area contributed by atoms with Crippen molar-refractivity contribution in [1.29, 1.82) is 0 Å². The zero-order valence-electron chi connectivity index (χ0n) is 41.7. The minimum absolute atomic E-state index is 0.0823. The van der Waals surface area contributed by atoms with Gasteiger partial charge in [0.1, 0.15) is 57.5 Å². The predicted molar refractivity (Wildman–Crippen MR) is 287 cm³/mol. The van der Waals surface area contributed by atoms with E-state index in [1.54, 1.807) is 0 Å². The van der Waals surface area contributed by atoms with Gasteiger partial charge in [0.05, 0.1) is 0 Å². The van der Waals surface area contributed by atoms with E-state index in [0.29, 0.717) is 117 Å². The van der Waals surface area contributed by atoms with Crippen molar-refractivity contribution in [3.8, 4) is 57.5 Å². The van der Waals surface area contributed by atoms with Gasteiger partial charge in [-0.05, 0) is 86.0 Å². The summed E-state index contributed by atoms with van der Waals surface area (Å²) >= 11 is 5.71. The number of carbonyl (C=O) groups excluding carboxylic acids is 5. The number of ether oxygens (including phenoxy) is 10. The minimum Gasteiger partial charge on any atom is -0.457 e. The predicted octanol–water partition coefficient (Wildman–Crippen LogP) is 10.5. The number of carbonyl (C=O) groups is 5. The maximum atomic E-state index is 12.7. The molecule has 5 aromatic rings. The lowest BCUT2D eigenvalue weighted by Gasteiger charge is -2.31. The second-order valence-corrected chi connectivity index (χ2v) is 24.2. The van der Waals surface area contributed by atoms with Crippen LogP contribution >= 0.6 is 58.8 Å². The molecule has 5 heterocycles. The van der Waals surface area contributed by atoms with Crippen LogP contribution in [0.15, 0.2) is 30.3 Å². The van der Waals surface area contributed by atoms with E-state index in [0.717, 1.165) is 114 Å². The third-order valence-electron chi connectivity index (χ3n) is 13.4. The van der Waals surface area contributed by atoms with Crippen LogP contribution in [0.4, 0.5) is 0 Å². The van der Waals surface area contributed by atoms with E-state index in [1.165, 1.54) is 34.6 Å². The average Bonchev–Trinajstić information content (AvgIpc) is 3.32. The second kappa shape index (κ2) is 21.7. The van der Waals surface area contributed by atoms with Gasteiger partial charge in [0.2, 0.25) is 34.0 Å². The van der Waals surface area contributed by atoms with Crippen molar-refractivity contribution >= 4 is 84.4 Å². The fraction of sp³-hybridized carbons (Fsp3) is 0.364. The molecule has 6 aliphatic rings. The van der Waals surface area contributed by atoms with Crippen LogP contribution in [0.1, 0.15) is 118 Å². The van der Waals surface area contributed by atoms with Gasteiger partial charge >= 0.3 is 0 Å². The standard InChI is InChI=1S/C55H50O15S5/c1-26(56)71-16-41-46-31-6-32-12-34-8-36-14-38-10-40-15-39-9-37-13-35-7-33(11-31)48(63-21-61-46)42(17-72-27(2)57)50(35)65-23-67-52(37)44(19-74-29(4)59)54(39)69-25-70-55(40)45(20-75-30(5)60)53(38)68-24-66-51(36)43(18-73-28(3)58)49(34)64-22-62-47(32)41/h6-10H,11-25H2,1-5H3. The molecule has 11 rings (SSSR count). The Morgan fingerprint density at radius 1 is 0.280 bits per heavy atom. The molecule has 0 amide bonds. The number of hydrogen-bond donors (Lipinski definition) is 0. The van der Waals surface area contributed by atoms with E-state index >= 15 is 0 Å². The van der Waals surface area contributed by atoms with Crippen molar-refractivity contribution in [2.75, 3.05) is 34.0 Å². The molecule has 390 valence electrons. The van der Waals surface area contributed by atoms with Gasteiger partial charge < -0.3 is 47.4 Å². The molecule has 0 aromatic heterocycles. The molecule has 0 N–H and O–H groups in total. The summed E-state index contributed by atoms with van der Waals surface area (Å²) in [6.45, 7) is 6.60. The summed E-state index contributed by atoms with van der Waals surface area (Å²) in [7, 11) is 0. The molecule has 0 fully saturated rings. The van der Waals surface area contributed by atoms with Crippen LogP contribution in [-0.2, 0) is 84.8 Å². The van der Waals surface area contributed by atoms with Crippen LogP contribution in [0.2, 0.25) is 0 Å². The first-order chi connectivity index (χ1) is 36.3. The smallest absolute Gasteiger partial charge is 0.230 e. The minimum atomic E-state index is -0.203. The number of benzene rings is 5. The van der Waals surface area contributed by atoms with Crippen molar-refractivity contribution < 1.29 is 71.3 Å². The highest BCUT2D eigenvalue weighted by Gasteiger charge is 2.35. The quantitative estimate of drug-likeness (QED) is 0.126. The Kier molecular flexibility index (Phi) is 14.8. The highest BCUT2D eigenvalue weighted by molar-refractivity contribution is 8.13. The lowest BCUT2D eigenvalue weighted by Crippen LogP contribution is -2.22. The number of rotatable bonds is 10. The van der Waals surface area contributed by atoms with Crippen molar-refractivity contribution in [3.63, 3.8) is 0 Å². The van der Waals surface area contributed by atoms with Crippen molar-refractivity contribution in [2.24, 2.45) is 0 Å². The van der Waals surface area contributed by atoms with E-state index in [-0.39, 0.29) is 88.3 Å². The van der Waals surface area contributed by atoms with E-state index in [1.807, 2.05) is 0 Å². The van der Waals surface area contributed by atoms with E-state index in [9.17, 15) is 24.0 Å². The summed E-state index contributed by atoms with van der Waals surface area (Å²) < 4.78 is 65.9. The molecule has 5 aromatic carbocycles. The normalized spacial score (nSPS) is 15.0. The number of thioether (sulfide) groups is 5. The van der Waals surface area contributed by atoms with E-state index in [4.69, 9.17) is 47.4 Å². The Bertz CT molecular complexity index is 2620. The molecule has 20 heteroatoms. The van der Waals surface area contributed by atoms with Gasteiger partial charge in [-0.1, -0.05) is 58.8 Å².